The molecule has 0 saturated heterocycles. The third-order valence-corrected chi connectivity index (χ3v) is 4.99. The second-order valence-electron chi connectivity index (χ2n) is 6.07. The maximum atomic E-state index is 6.71. The lowest BCUT2D eigenvalue weighted by atomic mass is 9.97. The van der Waals surface area contributed by atoms with Crippen molar-refractivity contribution < 1.29 is 0 Å². The maximum absolute atomic E-state index is 6.71. The third-order valence-electron chi connectivity index (χ3n) is 4.47. The molecule has 1 aliphatic carbocycles. The van der Waals surface area contributed by atoms with Crippen LogP contribution in [0.15, 0.2) is 54.1 Å². The number of hydrogen-bond donors (Lipinski definition) is 0. The molecule has 1 heteroatoms. The van der Waals surface area contributed by atoms with Gasteiger partial charge in [0.05, 0.1) is 5.38 Å². The number of alkyl halides is 1. The van der Waals surface area contributed by atoms with Crippen molar-refractivity contribution in [3.05, 3.63) is 65.2 Å². The maximum Gasteiger partial charge on any atom is 0.0804 e. The summed E-state index contributed by atoms with van der Waals surface area (Å²) in [4.78, 5) is 0. The molecule has 1 unspecified atom stereocenters. The summed E-state index contributed by atoms with van der Waals surface area (Å²) < 4.78 is 0. The molecule has 1 aliphatic rings. The Kier molecular flexibility index (Phi) is 5.00. The van der Waals surface area contributed by atoms with Gasteiger partial charge >= 0.3 is 0 Å². The summed E-state index contributed by atoms with van der Waals surface area (Å²) in [6, 6.07) is 17.1. The Morgan fingerprint density at radius 1 is 0.909 bits per heavy atom. The lowest BCUT2D eigenvalue weighted by Gasteiger charge is -2.11. The Morgan fingerprint density at radius 3 is 2.50 bits per heavy atom. The highest BCUT2D eigenvalue weighted by atomic mass is 35.5. The number of rotatable bonds is 6. The Bertz CT molecular complexity index is 655. The zero-order chi connectivity index (χ0) is 15.4. The largest absolute Gasteiger partial charge is 0.113 e. The molecule has 2 aromatic carbocycles. The van der Waals surface area contributed by atoms with Gasteiger partial charge in [-0.25, -0.2) is 0 Å². The molecule has 0 fully saturated rings. The minimum absolute atomic E-state index is 0.0558. The van der Waals surface area contributed by atoms with Gasteiger partial charge in [-0.3, -0.25) is 0 Å². The van der Waals surface area contributed by atoms with E-state index in [-0.39, 0.29) is 5.38 Å². The van der Waals surface area contributed by atoms with E-state index >= 15 is 0 Å². The average molecular weight is 311 g/mol. The van der Waals surface area contributed by atoms with Crippen LogP contribution in [0.3, 0.4) is 0 Å². The van der Waals surface area contributed by atoms with Crippen LogP contribution in [0.4, 0.5) is 0 Å². The van der Waals surface area contributed by atoms with E-state index in [2.05, 4.69) is 61.5 Å². The van der Waals surface area contributed by atoms with E-state index in [0.717, 1.165) is 6.42 Å². The van der Waals surface area contributed by atoms with Gasteiger partial charge in [-0.1, -0.05) is 80.8 Å². The van der Waals surface area contributed by atoms with Gasteiger partial charge in [0.1, 0.15) is 0 Å². The highest BCUT2D eigenvalue weighted by Gasteiger charge is 2.24. The van der Waals surface area contributed by atoms with Gasteiger partial charge in [0.25, 0.3) is 0 Å². The smallest absolute Gasteiger partial charge is 0.0804 e. The summed E-state index contributed by atoms with van der Waals surface area (Å²) in [5.41, 5.74) is 6.54. The van der Waals surface area contributed by atoms with Crippen LogP contribution in [0.1, 0.15) is 55.5 Å². The lowest BCUT2D eigenvalue weighted by Crippen LogP contribution is -1.92. The topological polar surface area (TPSA) is 0 Å². The number of fused-ring (bicyclic) bond motifs is 1. The predicted molar refractivity (Wildman–Crippen MR) is 97.2 cm³/mol. The molecular weight excluding hydrogens is 288 g/mol. The van der Waals surface area contributed by atoms with E-state index in [1.165, 1.54) is 53.5 Å². The van der Waals surface area contributed by atoms with E-state index in [1.54, 1.807) is 0 Å². The third kappa shape index (κ3) is 3.13. The summed E-state index contributed by atoms with van der Waals surface area (Å²) in [5, 5.41) is 0.0558. The molecule has 0 aromatic heterocycles. The van der Waals surface area contributed by atoms with Crippen LogP contribution in [0.2, 0.25) is 0 Å². The van der Waals surface area contributed by atoms with Gasteiger partial charge in [-0.05, 0) is 40.7 Å². The van der Waals surface area contributed by atoms with E-state index in [9.17, 15) is 0 Å². The molecule has 114 valence electrons. The first-order valence-electron chi connectivity index (χ1n) is 8.34. The highest BCUT2D eigenvalue weighted by molar-refractivity contribution is 6.24. The Balaban J connectivity index is 1.86. The second-order valence-corrected chi connectivity index (χ2v) is 6.50. The standard InChI is InChI=1S/C21H23Cl/c1-2-3-4-6-12-17-15-20-18(16-10-7-5-8-11-16)13-9-14-19(20)21(17)22/h5,7-11,13-15,21H,2-4,6,12H2,1H3. The molecule has 22 heavy (non-hydrogen) atoms. The zero-order valence-corrected chi connectivity index (χ0v) is 13.9. The van der Waals surface area contributed by atoms with Crippen LogP contribution >= 0.6 is 11.6 Å². The number of halogens is 1. The Morgan fingerprint density at radius 2 is 1.73 bits per heavy atom. The molecule has 0 radical (unpaired) electrons. The van der Waals surface area contributed by atoms with Crippen molar-refractivity contribution in [3.63, 3.8) is 0 Å². The molecule has 0 amide bonds. The van der Waals surface area contributed by atoms with Crippen molar-refractivity contribution >= 4 is 17.7 Å². The number of unbranched alkanes of at least 4 members (excludes halogenated alkanes) is 3. The molecule has 2 aromatic rings. The first-order valence-corrected chi connectivity index (χ1v) is 8.77. The normalized spacial score (nSPS) is 16.5. The fourth-order valence-corrected chi connectivity index (χ4v) is 3.61. The molecule has 0 nitrogen and oxygen atoms in total. The molecule has 1 atom stereocenters. The van der Waals surface area contributed by atoms with Crippen LogP contribution in [-0.4, -0.2) is 0 Å². The van der Waals surface area contributed by atoms with Crippen molar-refractivity contribution in [2.24, 2.45) is 0 Å². The lowest BCUT2D eigenvalue weighted by molar-refractivity contribution is 0.660. The number of benzene rings is 2. The first kappa shape index (κ1) is 15.4. The summed E-state index contributed by atoms with van der Waals surface area (Å²) in [6.45, 7) is 2.25. The van der Waals surface area contributed by atoms with Gasteiger partial charge in [0.15, 0.2) is 0 Å². The van der Waals surface area contributed by atoms with Crippen molar-refractivity contribution in [3.8, 4) is 11.1 Å². The van der Waals surface area contributed by atoms with Crippen LogP contribution in [0.5, 0.6) is 0 Å². The van der Waals surface area contributed by atoms with Gasteiger partial charge < -0.3 is 0 Å². The van der Waals surface area contributed by atoms with Crippen molar-refractivity contribution in [1.29, 1.82) is 0 Å². The van der Waals surface area contributed by atoms with E-state index < -0.39 is 0 Å². The monoisotopic (exact) mass is 310 g/mol. The molecular formula is C21H23Cl. The van der Waals surface area contributed by atoms with Crippen LogP contribution < -0.4 is 0 Å². The second kappa shape index (κ2) is 7.15. The molecule has 0 bridgehead atoms. The van der Waals surface area contributed by atoms with E-state index in [1.807, 2.05) is 0 Å². The average Bonchev–Trinajstić information content (AvgIpc) is 2.89. The van der Waals surface area contributed by atoms with Gasteiger partial charge in [0, 0.05) is 0 Å². The predicted octanol–water partition coefficient (Wildman–Crippen LogP) is 7.00. The number of hydrogen-bond acceptors (Lipinski definition) is 0. The Labute approximate surface area is 138 Å². The Hall–Kier alpha value is -1.53. The zero-order valence-electron chi connectivity index (χ0n) is 13.2. The summed E-state index contributed by atoms with van der Waals surface area (Å²) in [7, 11) is 0. The highest BCUT2D eigenvalue weighted by Crippen LogP contribution is 2.44. The van der Waals surface area contributed by atoms with E-state index in [4.69, 9.17) is 11.6 Å². The molecule has 3 rings (SSSR count). The first-order chi connectivity index (χ1) is 10.8. The summed E-state index contributed by atoms with van der Waals surface area (Å²) in [6.07, 6.45) is 8.61. The molecule has 0 spiro atoms. The van der Waals surface area contributed by atoms with Gasteiger partial charge in [-0.2, -0.15) is 0 Å². The minimum Gasteiger partial charge on any atom is -0.113 e. The fourth-order valence-electron chi connectivity index (χ4n) is 3.25. The van der Waals surface area contributed by atoms with Crippen molar-refractivity contribution in [1.82, 2.24) is 0 Å². The molecule has 0 saturated carbocycles. The number of allylic oxidation sites excluding steroid dienone is 1. The van der Waals surface area contributed by atoms with Crippen LogP contribution in [-0.2, 0) is 0 Å². The molecule has 0 N–H and O–H groups in total. The molecule has 0 aliphatic heterocycles. The van der Waals surface area contributed by atoms with Crippen molar-refractivity contribution in [2.45, 2.75) is 44.4 Å². The van der Waals surface area contributed by atoms with Crippen molar-refractivity contribution in [2.75, 3.05) is 0 Å². The SMILES string of the molecule is CCCCCCC1=Cc2c(-c3ccccc3)cccc2C1Cl. The van der Waals surface area contributed by atoms with E-state index in [0.29, 0.717) is 0 Å². The van der Waals surface area contributed by atoms with Crippen LogP contribution in [0, 0.1) is 0 Å². The summed E-state index contributed by atoms with van der Waals surface area (Å²) >= 11 is 6.71. The van der Waals surface area contributed by atoms with Gasteiger partial charge in [0.2, 0.25) is 0 Å². The molecule has 0 heterocycles. The fraction of sp³-hybridized carbons (Fsp3) is 0.333. The summed E-state index contributed by atoms with van der Waals surface area (Å²) in [5.74, 6) is 0. The van der Waals surface area contributed by atoms with Gasteiger partial charge in [-0.15, -0.1) is 11.6 Å². The minimum atomic E-state index is 0.0558. The van der Waals surface area contributed by atoms with Crippen LogP contribution in [0.25, 0.3) is 17.2 Å². The quantitative estimate of drug-likeness (QED) is 0.398.